The number of carbonyl (C=O) groups excluding carboxylic acids is 2. The van der Waals surface area contributed by atoms with Gasteiger partial charge in [0.15, 0.2) is 0 Å². The molecule has 0 radical (unpaired) electrons. The second-order valence-corrected chi connectivity index (χ2v) is 6.32. The maximum absolute atomic E-state index is 12.3. The largest absolute Gasteiger partial charge is 0.348 e. The van der Waals surface area contributed by atoms with Gasteiger partial charge in [-0.3, -0.25) is 14.6 Å². The van der Waals surface area contributed by atoms with Gasteiger partial charge in [0.1, 0.15) is 0 Å². The molecular formula is C23H21N3O2. The minimum Gasteiger partial charge on any atom is -0.348 e. The average Bonchev–Trinajstić information content (AvgIpc) is 2.72. The van der Waals surface area contributed by atoms with Gasteiger partial charge >= 0.3 is 0 Å². The molecule has 0 unspecified atom stereocenters. The van der Waals surface area contributed by atoms with Crippen molar-refractivity contribution in [1.29, 1.82) is 0 Å². The van der Waals surface area contributed by atoms with Crippen molar-refractivity contribution in [2.24, 2.45) is 0 Å². The predicted octanol–water partition coefficient (Wildman–Crippen LogP) is 3.97. The number of carbonyl (C=O) groups is 2. The summed E-state index contributed by atoms with van der Waals surface area (Å²) in [5.74, 6) is -0.443. The van der Waals surface area contributed by atoms with Crippen LogP contribution in [0.4, 0.5) is 5.69 Å². The maximum Gasteiger partial charge on any atom is 0.257 e. The van der Waals surface area contributed by atoms with E-state index in [4.69, 9.17) is 0 Å². The first-order valence-electron chi connectivity index (χ1n) is 8.94. The molecule has 2 aromatic carbocycles. The smallest absolute Gasteiger partial charge is 0.257 e. The molecule has 0 saturated heterocycles. The van der Waals surface area contributed by atoms with Gasteiger partial charge < -0.3 is 10.6 Å². The highest BCUT2D eigenvalue weighted by molar-refractivity contribution is 6.04. The Morgan fingerprint density at radius 2 is 1.89 bits per heavy atom. The summed E-state index contributed by atoms with van der Waals surface area (Å²) in [5, 5.41) is 5.71. The van der Waals surface area contributed by atoms with Gasteiger partial charge in [0.05, 0.1) is 5.56 Å². The maximum atomic E-state index is 12.3. The zero-order valence-electron chi connectivity index (χ0n) is 15.6. The normalized spacial score (nSPS) is 10.6. The Morgan fingerprint density at radius 1 is 1.04 bits per heavy atom. The molecule has 0 aliphatic carbocycles. The van der Waals surface area contributed by atoms with E-state index < -0.39 is 0 Å². The number of aromatic nitrogens is 1. The molecule has 0 aliphatic heterocycles. The number of nitrogens with zero attached hydrogens (tertiary/aromatic N) is 1. The van der Waals surface area contributed by atoms with Crippen LogP contribution in [0.2, 0.25) is 0 Å². The third-order valence-corrected chi connectivity index (χ3v) is 4.11. The lowest BCUT2D eigenvalue weighted by Gasteiger charge is -2.11. The van der Waals surface area contributed by atoms with Gasteiger partial charge in [-0.2, -0.15) is 0 Å². The van der Waals surface area contributed by atoms with Crippen LogP contribution in [0.5, 0.6) is 0 Å². The summed E-state index contributed by atoms with van der Waals surface area (Å²) >= 11 is 0. The van der Waals surface area contributed by atoms with Gasteiger partial charge in [-0.05, 0) is 42.3 Å². The molecule has 3 aromatic rings. The van der Waals surface area contributed by atoms with E-state index in [9.17, 15) is 9.59 Å². The number of hydrogen-bond donors (Lipinski definition) is 2. The highest BCUT2D eigenvalue weighted by atomic mass is 16.2. The molecule has 0 bridgehead atoms. The predicted molar refractivity (Wildman–Crippen MR) is 111 cm³/mol. The molecule has 2 amide bonds. The lowest BCUT2D eigenvalue weighted by atomic mass is 10.1. The van der Waals surface area contributed by atoms with Gasteiger partial charge in [0, 0.05) is 30.7 Å². The van der Waals surface area contributed by atoms with Crippen LogP contribution < -0.4 is 10.6 Å². The standard InChI is InChI=1S/C23H21N3O2/c1-17-6-4-7-18(14-17)11-12-22(27)25-16-19-8-2-3-10-21(19)26-23(28)20-9-5-13-24-15-20/h2-15H,16H2,1H3,(H,25,27)(H,26,28)/b12-11+. The molecule has 1 heterocycles. The first-order chi connectivity index (χ1) is 13.6. The minimum atomic E-state index is -0.244. The lowest BCUT2D eigenvalue weighted by Crippen LogP contribution is -2.22. The molecular weight excluding hydrogens is 350 g/mol. The average molecular weight is 371 g/mol. The molecule has 0 aliphatic rings. The number of aryl methyl sites for hydroxylation is 1. The van der Waals surface area contributed by atoms with Crippen molar-refractivity contribution in [2.45, 2.75) is 13.5 Å². The first kappa shape index (κ1) is 19.0. The van der Waals surface area contributed by atoms with Gasteiger partial charge in [0.25, 0.3) is 5.91 Å². The van der Waals surface area contributed by atoms with E-state index in [1.54, 1.807) is 30.5 Å². The molecule has 0 atom stereocenters. The summed E-state index contributed by atoms with van der Waals surface area (Å²) in [6, 6.07) is 18.7. The van der Waals surface area contributed by atoms with Crippen LogP contribution in [0.25, 0.3) is 6.08 Å². The molecule has 1 aromatic heterocycles. The second-order valence-electron chi connectivity index (χ2n) is 6.32. The number of pyridine rings is 1. The Kier molecular flexibility index (Phi) is 6.31. The minimum absolute atomic E-state index is 0.199. The summed E-state index contributed by atoms with van der Waals surface area (Å²) in [4.78, 5) is 28.4. The zero-order chi connectivity index (χ0) is 19.8. The van der Waals surface area contributed by atoms with Gasteiger partial charge in [-0.1, -0.05) is 48.0 Å². The van der Waals surface area contributed by atoms with E-state index in [2.05, 4.69) is 15.6 Å². The fourth-order valence-electron chi connectivity index (χ4n) is 2.67. The molecule has 0 fully saturated rings. The third-order valence-electron chi connectivity index (χ3n) is 4.11. The Bertz CT molecular complexity index is 997. The Labute approximate surface area is 164 Å². The van der Waals surface area contributed by atoms with Crippen LogP contribution in [0.1, 0.15) is 27.0 Å². The number of rotatable bonds is 6. The summed E-state index contributed by atoms with van der Waals surface area (Å²) in [7, 11) is 0. The Hall–Kier alpha value is -3.73. The van der Waals surface area contributed by atoms with E-state index in [1.165, 1.54) is 12.3 Å². The van der Waals surface area contributed by atoms with Crippen molar-refractivity contribution in [2.75, 3.05) is 5.32 Å². The van der Waals surface area contributed by atoms with Crippen LogP contribution in [0.15, 0.2) is 79.1 Å². The number of nitrogens with one attached hydrogen (secondary N) is 2. The van der Waals surface area contributed by atoms with Crippen LogP contribution in [-0.4, -0.2) is 16.8 Å². The SMILES string of the molecule is Cc1cccc(/C=C/C(=O)NCc2ccccc2NC(=O)c2cccnc2)c1. The molecule has 0 spiro atoms. The van der Waals surface area contributed by atoms with Crippen molar-refractivity contribution in [3.05, 3.63) is 101 Å². The van der Waals surface area contributed by atoms with Crippen LogP contribution >= 0.6 is 0 Å². The number of para-hydroxylation sites is 1. The molecule has 5 nitrogen and oxygen atoms in total. The van der Waals surface area contributed by atoms with Crippen molar-refractivity contribution in [1.82, 2.24) is 10.3 Å². The van der Waals surface area contributed by atoms with Crippen molar-refractivity contribution in [3.63, 3.8) is 0 Å². The van der Waals surface area contributed by atoms with E-state index in [0.717, 1.165) is 16.7 Å². The van der Waals surface area contributed by atoms with Crippen LogP contribution in [0, 0.1) is 6.92 Å². The number of hydrogen-bond acceptors (Lipinski definition) is 3. The third kappa shape index (κ3) is 5.38. The molecule has 28 heavy (non-hydrogen) atoms. The second kappa shape index (κ2) is 9.28. The van der Waals surface area contributed by atoms with Crippen molar-refractivity contribution >= 4 is 23.6 Å². The highest BCUT2D eigenvalue weighted by Crippen LogP contribution is 2.16. The molecule has 0 saturated carbocycles. The van der Waals surface area contributed by atoms with Gasteiger partial charge in [-0.15, -0.1) is 0 Å². The summed E-state index contributed by atoms with van der Waals surface area (Å²) < 4.78 is 0. The summed E-state index contributed by atoms with van der Waals surface area (Å²) in [6.07, 6.45) is 6.41. The number of amides is 2. The highest BCUT2D eigenvalue weighted by Gasteiger charge is 2.09. The van der Waals surface area contributed by atoms with Gasteiger partial charge in [0.2, 0.25) is 5.91 Å². The van der Waals surface area contributed by atoms with E-state index >= 15 is 0 Å². The van der Waals surface area contributed by atoms with E-state index in [1.807, 2.05) is 49.4 Å². The monoisotopic (exact) mass is 371 g/mol. The molecule has 3 rings (SSSR count). The number of anilines is 1. The molecule has 2 N–H and O–H groups in total. The van der Waals surface area contributed by atoms with Crippen molar-refractivity contribution in [3.8, 4) is 0 Å². The number of benzene rings is 2. The molecule has 5 heteroatoms. The van der Waals surface area contributed by atoms with Crippen molar-refractivity contribution < 1.29 is 9.59 Å². The van der Waals surface area contributed by atoms with E-state index in [0.29, 0.717) is 17.8 Å². The molecule has 140 valence electrons. The first-order valence-corrected chi connectivity index (χ1v) is 8.94. The van der Waals surface area contributed by atoms with E-state index in [-0.39, 0.29) is 11.8 Å². The van der Waals surface area contributed by atoms with Crippen LogP contribution in [-0.2, 0) is 11.3 Å². The van der Waals surface area contributed by atoms with Crippen LogP contribution in [0.3, 0.4) is 0 Å². The topological polar surface area (TPSA) is 71.1 Å². The van der Waals surface area contributed by atoms with Gasteiger partial charge in [-0.25, -0.2) is 0 Å². The fourth-order valence-corrected chi connectivity index (χ4v) is 2.67. The summed E-state index contributed by atoms with van der Waals surface area (Å²) in [5.41, 5.74) is 4.05. The fraction of sp³-hybridized carbons (Fsp3) is 0.0870. The Morgan fingerprint density at radius 3 is 2.68 bits per heavy atom. The quantitative estimate of drug-likeness (QED) is 0.644. The lowest BCUT2D eigenvalue weighted by molar-refractivity contribution is -0.116. The Balaban J connectivity index is 1.62. The summed E-state index contributed by atoms with van der Waals surface area (Å²) in [6.45, 7) is 2.31. The zero-order valence-corrected chi connectivity index (χ0v) is 15.6.